The maximum atomic E-state index is 15.0. The van der Waals surface area contributed by atoms with Gasteiger partial charge in [-0.25, -0.2) is 4.39 Å². The van der Waals surface area contributed by atoms with Crippen molar-refractivity contribution in [3.05, 3.63) is 39.7 Å². The predicted molar refractivity (Wildman–Crippen MR) is 173 cm³/mol. The summed E-state index contributed by atoms with van der Waals surface area (Å²) in [5.41, 5.74) is 9.63. The third-order valence-corrected chi connectivity index (χ3v) is 10.5. The van der Waals surface area contributed by atoms with E-state index in [0.29, 0.717) is 57.8 Å². The van der Waals surface area contributed by atoms with Crippen molar-refractivity contribution in [1.29, 1.82) is 5.26 Å². The van der Waals surface area contributed by atoms with Crippen LogP contribution in [0.2, 0.25) is 5.02 Å². The lowest BCUT2D eigenvalue weighted by Gasteiger charge is -2.30. The van der Waals surface area contributed by atoms with Gasteiger partial charge in [-0.05, 0) is 62.5 Å². The molecule has 45 heavy (non-hydrogen) atoms. The quantitative estimate of drug-likeness (QED) is 0.253. The summed E-state index contributed by atoms with van der Waals surface area (Å²) < 4.78 is 27.5. The Kier molecular flexibility index (Phi) is 7.48. The zero-order chi connectivity index (χ0) is 31.6. The Hall–Kier alpha value is -3.76. The first-order chi connectivity index (χ1) is 21.6. The number of nitrogens with two attached hydrogens (primary N) is 1. The van der Waals surface area contributed by atoms with E-state index in [2.05, 4.69) is 16.3 Å². The van der Waals surface area contributed by atoms with Gasteiger partial charge in [-0.1, -0.05) is 17.7 Å². The second-order valence-electron chi connectivity index (χ2n) is 12.6. The number of benzene rings is 2. The van der Waals surface area contributed by atoms with Gasteiger partial charge in [0.05, 0.1) is 46.0 Å². The highest BCUT2D eigenvalue weighted by Crippen LogP contribution is 2.50. The first-order valence-electron chi connectivity index (χ1n) is 14.9. The zero-order valence-electron chi connectivity index (χ0n) is 25.3. The maximum absolute atomic E-state index is 15.0. The number of likely N-dealkylation sites (N-methyl/N-ethyl adjacent to an activating group) is 1. The van der Waals surface area contributed by atoms with Gasteiger partial charge in [0.25, 0.3) is 0 Å². The smallest absolute Gasteiger partial charge is 0.319 e. The Bertz CT molecular complexity index is 1920. The van der Waals surface area contributed by atoms with E-state index in [1.54, 1.807) is 18.0 Å². The van der Waals surface area contributed by atoms with E-state index >= 15 is 4.39 Å². The molecule has 1 amide bonds. The number of nitrogens with one attached hydrogen (secondary N) is 1. The van der Waals surface area contributed by atoms with Crippen LogP contribution in [0.4, 0.5) is 15.2 Å². The Morgan fingerprint density at radius 1 is 1.29 bits per heavy atom. The number of carbonyl (C=O) groups is 1. The van der Waals surface area contributed by atoms with Crippen molar-refractivity contribution in [2.24, 2.45) is 5.41 Å². The van der Waals surface area contributed by atoms with Crippen LogP contribution in [-0.4, -0.2) is 72.6 Å². The molecule has 3 N–H and O–H groups in total. The normalized spacial score (nSPS) is 18.9. The average Bonchev–Trinajstić information content (AvgIpc) is 3.42. The second-order valence-corrected chi connectivity index (χ2v) is 14.0. The van der Waals surface area contributed by atoms with Gasteiger partial charge in [-0.15, -0.1) is 11.3 Å². The molecule has 1 saturated carbocycles. The summed E-state index contributed by atoms with van der Waals surface area (Å²) in [5.74, 6) is -0.0186. The number of fused-ring (bicyclic) bond motifs is 4. The van der Waals surface area contributed by atoms with Gasteiger partial charge in [-0.3, -0.25) is 4.79 Å². The molecule has 0 spiro atoms. The number of rotatable bonds is 8. The molecule has 1 atom stereocenters. The Morgan fingerprint density at radius 3 is 2.80 bits per heavy atom. The van der Waals surface area contributed by atoms with Crippen LogP contribution in [0.1, 0.15) is 42.4 Å². The third-order valence-electron chi connectivity index (χ3n) is 9.06. The first-order valence-corrected chi connectivity index (χ1v) is 16.1. The molecule has 2 fully saturated rings. The Labute approximate surface area is 268 Å². The van der Waals surface area contributed by atoms with Crippen molar-refractivity contribution < 1.29 is 18.7 Å². The van der Waals surface area contributed by atoms with Gasteiger partial charge in [0.1, 0.15) is 28.7 Å². The van der Waals surface area contributed by atoms with Crippen LogP contribution in [0.25, 0.3) is 32.1 Å². The van der Waals surface area contributed by atoms with Gasteiger partial charge >= 0.3 is 6.01 Å². The van der Waals surface area contributed by atoms with E-state index in [0.717, 1.165) is 48.3 Å². The monoisotopic (exact) mass is 649 g/mol. The van der Waals surface area contributed by atoms with E-state index in [9.17, 15) is 10.1 Å². The number of aromatic nitrogens is 2. The number of carbonyl (C=O) groups excluding carboxylic acids is 1. The van der Waals surface area contributed by atoms with Gasteiger partial charge in [0.15, 0.2) is 0 Å². The molecule has 0 radical (unpaired) electrons. The number of hydrogen-bond donors (Lipinski definition) is 2. The van der Waals surface area contributed by atoms with Crippen molar-refractivity contribution in [2.75, 3.05) is 51.9 Å². The fraction of sp³-hybridized carbons (Fsp3) is 0.438. The van der Waals surface area contributed by atoms with Gasteiger partial charge in [0, 0.05) is 36.5 Å². The molecule has 3 aliphatic rings. The van der Waals surface area contributed by atoms with E-state index in [4.69, 9.17) is 36.8 Å². The molecule has 7 rings (SSSR count). The van der Waals surface area contributed by atoms with Crippen molar-refractivity contribution in [2.45, 2.75) is 44.9 Å². The minimum absolute atomic E-state index is 0.0122. The van der Waals surface area contributed by atoms with E-state index in [1.807, 2.05) is 14.1 Å². The van der Waals surface area contributed by atoms with E-state index in [1.165, 1.54) is 6.07 Å². The lowest BCUT2D eigenvalue weighted by molar-refractivity contribution is -0.132. The zero-order valence-corrected chi connectivity index (χ0v) is 26.9. The van der Waals surface area contributed by atoms with Crippen LogP contribution >= 0.6 is 22.9 Å². The van der Waals surface area contributed by atoms with Crippen LogP contribution in [0.5, 0.6) is 6.01 Å². The van der Waals surface area contributed by atoms with Crippen molar-refractivity contribution in [3.63, 3.8) is 0 Å². The lowest BCUT2D eigenvalue weighted by atomic mass is 9.91. The highest BCUT2D eigenvalue weighted by molar-refractivity contribution is 7.23. The minimum Gasteiger partial charge on any atom is -0.463 e. The minimum atomic E-state index is -0.474. The molecular formula is C32H33ClFN7O3S. The topological polar surface area (TPSA) is 130 Å². The number of amides is 1. The molecule has 234 valence electrons. The number of ether oxygens (including phenoxy) is 2. The molecule has 13 heteroatoms. The summed E-state index contributed by atoms with van der Waals surface area (Å²) in [6, 6.07) is 4.82. The summed E-state index contributed by atoms with van der Waals surface area (Å²) in [4.78, 5) is 26.7. The molecule has 1 aliphatic carbocycles. The van der Waals surface area contributed by atoms with E-state index < -0.39 is 11.9 Å². The number of thiophene rings is 1. The van der Waals surface area contributed by atoms with Crippen LogP contribution in [0.3, 0.4) is 0 Å². The molecule has 2 aromatic heterocycles. The predicted octanol–water partition coefficient (Wildman–Crippen LogP) is 5.54. The summed E-state index contributed by atoms with van der Waals surface area (Å²) in [6.45, 7) is 2.54. The van der Waals surface area contributed by atoms with E-state index in [-0.39, 0.29) is 45.8 Å². The highest BCUT2D eigenvalue weighted by Gasteiger charge is 2.44. The molecule has 1 unspecified atom stereocenters. The summed E-state index contributed by atoms with van der Waals surface area (Å²) in [5, 5.41) is 15.0. The van der Waals surface area contributed by atoms with Gasteiger partial charge in [-0.2, -0.15) is 15.2 Å². The van der Waals surface area contributed by atoms with Crippen LogP contribution < -0.4 is 15.8 Å². The first kappa shape index (κ1) is 29.9. The van der Waals surface area contributed by atoms with Crippen LogP contribution in [-0.2, 0) is 22.7 Å². The van der Waals surface area contributed by atoms with Gasteiger partial charge in [0.2, 0.25) is 5.91 Å². The number of anilines is 2. The molecular weight excluding hydrogens is 617 g/mol. The Morgan fingerprint density at radius 2 is 2.07 bits per heavy atom. The highest BCUT2D eigenvalue weighted by atomic mass is 35.5. The number of hydrogen-bond acceptors (Lipinski definition) is 10. The molecule has 2 aliphatic heterocycles. The molecule has 4 heterocycles. The molecule has 1 saturated heterocycles. The number of likely N-dealkylation sites (tertiary alicyclic amines) is 1. The molecule has 2 aromatic carbocycles. The number of nitriles is 1. The SMILES string of the molecule is CN(C)CC1(COc2nc(NC3CCCN(C)C3=O)c3c4c(c(-c5ccc(F)c6sc(N)c(C#N)c56)c(Cl)c3n2)COC4)CC1. The second kappa shape index (κ2) is 11.2. The maximum Gasteiger partial charge on any atom is 0.319 e. The third kappa shape index (κ3) is 5.12. The Balaban J connectivity index is 1.43. The molecule has 10 nitrogen and oxygen atoms in total. The lowest BCUT2D eigenvalue weighted by Crippen LogP contribution is -2.45. The number of nitrogen functional groups attached to an aromatic ring is 1. The standard InChI is InChI=1S/C32H33ClFN7O3S/c1-40(2)14-32(8-9-32)15-44-31-38-26-24(29(39-31)37-21-5-4-10-41(3)30(21)42)19-13-43-12-18(19)22(25(26)33)16-6-7-20(34)27-23(16)17(11-35)28(36)45-27/h6-7,21H,4-5,8-10,12-15,36H2,1-3H3,(H,37,38,39). The summed E-state index contributed by atoms with van der Waals surface area (Å²) >= 11 is 8.33. The number of piperidine rings is 1. The van der Waals surface area contributed by atoms with Gasteiger partial charge < -0.3 is 30.3 Å². The van der Waals surface area contributed by atoms with Crippen molar-refractivity contribution in [1.82, 2.24) is 19.8 Å². The largest absolute Gasteiger partial charge is 0.463 e. The summed E-state index contributed by atoms with van der Waals surface area (Å²) in [7, 11) is 5.89. The summed E-state index contributed by atoms with van der Waals surface area (Å²) in [6.07, 6.45) is 3.62. The fourth-order valence-corrected chi connectivity index (χ4v) is 8.02. The fourth-order valence-electron chi connectivity index (χ4n) is 6.71. The number of nitrogens with zero attached hydrogens (tertiary/aromatic N) is 5. The van der Waals surface area contributed by atoms with Crippen LogP contribution in [0, 0.1) is 22.6 Å². The average molecular weight is 650 g/mol. The molecule has 4 aromatic rings. The van der Waals surface area contributed by atoms with Crippen molar-refractivity contribution >= 4 is 60.7 Å². The molecule has 0 bridgehead atoms. The van der Waals surface area contributed by atoms with Crippen LogP contribution in [0.15, 0.2) is 12.1 Å². The number of halogens is 2. The van der Waals surface area contributed by atoms with Crippen molar-refractivity contribution in [3.8, 4) is 23.2 Å².